The summed E-state index contributed by atoms with van der Waals surface area (Å²) in [5.41, 5.74) is 0. The van der Waals surface area contributed by atoms with Crippen LogP contribution in [0.15, 0.2) is 0 Å². The van der Waals surface area contributed by atoms with Crippen LogP contribution in [0, 0.1) is 0 Å². The SMILES string of the molecule is CCN(CCN(C)CC(F)(F)CC)C(C)C. The highest BCUT2D eigenvalue weighted by Crippen LogP contribution is 2.18. The highest BCUT2D eigenvalue weighted by Gasteiger charge is 2.27. The summed E-state index contributed by atoms with van der Waals surface area (Å²) >= 11 is 0. The van der Waals surface area contributed by atoms with Gasteiger partial charge in [0.25, 0.3) is 5.92 Å². The first-order valence-electron chi connectivity index (χ1n) is 6.12. The van der Waals surface area contributed by atoms with Crippen LogP contribution in [-0.4, -0.2) is 55.0 Å². The van der Waals surface area contributed by atoms with Crippen molar-refractivity contribution in [3.8, 4) is 0 Å². The van der Waals surface area contributed by atoms with Crippen LogP contribution in [0.25, 0.3) is 0 Å². The van der Waals surface area contributed by atoms with E-state index in [4.69, 9.17) is 0 Å². The van der Waals surface area contributed by atoms with Crippen LogP contribution >= 0.6 is 0 Å². The lowest BCUT2D eigenvalue weighted by atomic mass is 10.2. The summed E-state index contributed by atoms with van der Waals surface area (Å²) in [6, 6.07) is 0.477. The third-order valence-corrected chi connectivity index (χ3v) is 2.92. The molecule has 0 unspecified atom stereocenters. The molecular formula is C12H26F2N2. The summed E-state index contributed by atoms with van der Waals surface area (Å²) in [5.74, 6) is -2.55. The molecular weight excluding hydrogens is 210 g/mol. The van der Waals surface area contributed by atoms with Crippen molar-refractivity contribution in [3.63, 3.8) is 0 Å². The molecule has 16 heavy (non-hydrogen) atoms. The number of halogens is 2. The van der Waals surface area contributed by atoms with Crippen LogP contribution in [0.5, 0.6) is 0 Å². The maximum absolute atomic E-state index is 13.1. The normalized spacial score (nSPS) is 13.1. The van der Waals surface area contributed by atoms with E-state index in [1.54, 1.807) is 11.9 Å². The Bertz CT molecular complexity index is 184. The highest BCUT2D eigenvalue weighted by molar-refractivity contribution is 4.70. The Balaban J connectivity index is 3.92. The molecule has 0 atom stereocenters. The average Bonchev–Trinajstić information content (AvgIpc) is 2.17. The van der Waals surface area contributed by atoms with E-state index in [2.05, 4.69) is 25.7 Å². The van der Waals surface area contributed by atoms with Gasteiger partial charge in [0.1, 0.15) is 0 Å². The molecule has 0 bridgehead atoms. The molecule has 0 saturated carbocycles. The molecule has 0 N–H and O–H groups in total. The fraction of sp³-hybridized carbons (Fsp3) is 1.00. The smallest absolute Gasteiger partial charge is 0.260 e. The molecule has 0 aliphatic rings. The Morgan fingerprint density at radius 1 is 1.12 bits per heavy atom. The topological polar surface area (TPSA) is 6.48 Å². The first-order chi connectivity index (χ1) is 7.32. The molecule has 0 aromatic heterocycles. The molecule has 0 radical (unpaired) electrons. The second-order valence-electron chi connectivity index (χ2n) is 4.67. The van der Waals surface area contributed by atoms with Crippen LogP contribution < -0.4 is 0 Å². The Hall–Kier alpha value is -0.220. The summed E-state index contributed by atoms with van der Waals surface area (Å²) in [6.45, 7) is 10.3. The minimum atomic E-state index is -2.55. The molecule has 0 aromatic carbocycles. The third kappa shape index (κ3) is 6.38. The second kappa shape index (κ2) is 7.17. The standard InChI is InChI=1S/C12H26F2N2/c1-6-12(13,14)10-15(5)8-9-16(7-2)11(3)4/h11H,6-10H2,1-5H3. The van der Waals surface area contributed by atoms with Crippen molar-refractivity contribution in [1.29, 1.82) is 0 Å². The average molecular weight is 236 g/mol. The van der Waals surface area contributed by atoms with Gasteiger partial charge < -0.3 is 0 Å². The zero-order chi connectivity index (χ0) is 12.8. The highest BCUT2D eigenvalue weighted by atomic mass is 19.3. The molecule has 0 saturated heterocycles. The van der Waals surface area contributed by atoms with Gasteiger partial charge in [0.2, 0.25) is 0 Å². The lowest BCUT2D eigenvalue weighted by molar-refractivity contribution is -0.0310. The molecule has 0 fully saturated rings. The van der Waals surface area contributed by atoms with Crippen molar-refractivity contribution in [3.05, 3.63) is 0 Å². The maximum atomic E-state index is 13.1. The number of nitrogens with zero attached hydrogens (tertiary/aromatic N) is 2. The zero-order valence-corrected chi connectivity index (χ0v) is 11.3. The van der Waals surface area contributed by atoms with Crippen LogP contribution in [0.3, 0.4) is 0 Å². The van der Waals surface area contributed by atoms with Gasteiger partial charge in [0.05, 0.1) is 6.54 Å². The molecule has 4 heteroatoms. The zero-order valence-electron chi connectivity index (χ0n) is 11.3. The largest absolute Gasteiger partial charge is 0.300 e. The molecule has 98 valence electrons. The third-order valence-electron chi connectivity index (χ3n) is 2.92. The predicted molar refractivity (Wildman–Crippen MR) is 65.1 cm³/mol. The van der Waals surface area contributed by atoms with Crippen molar-refractivity contribution >= 4 is 0 Å². The lowest BCUT2D eigenvalue weighted by Crippen LogP contribution is -2.41. The first-order valence-corrected chi connectivity index (χ1v) is 6.12. The van der Waals surface area contributed by atoms with E-state index in [0.29, 0.717) is 12.6 Å². The Kier molecular flexibility index (Phi) is 7.07. The summed E-state index contributed by atoms with van der Waals surface area (Å²) in [4.78, 5) is 4.00. The minimum absolute atomic E-state index is 0.0843. The summed E-state index contributed by atoms with van der Waals surface area (Å²) in [6.07, 6.45) is -0.0843. The van der Waals surface area contributed by atoms with Gasteiger partial charge in [-0.15, -0.1) is 0 Å². The van der Waals surface area contributed by atoms with Crippen molar-refractivity contribution in [1.82, 2.24) is 9.80 Å². The number of rotatable bonds is 8. The Morgan fingerprint density at radius 3 is 2.06 bits per heavy atom. The van der Waals surface area contributed by atoms with E-state index >= 15 is 0 Å². The molecule has 0 spiro atoms. The van der Waals surface area contributed by atoms with Gasteiger partial charge in [-0.05, 0) is 27.4 Å². The fourth-order valence-electron chi connectivity index (χ4n) is 1.67. The Morgan fingerprint density at radius 2 is 1.69 bits per heavy atom. The van der Waals surface area contributed by atoms with Crippen molar-refractivity contribution < 1.29 is 8.78 Å². The van der Waals surface area contributed by atoms with Gasteiger partial charge in [-0.2, -0.15) is 0 Å². The van der Waals surface area contributed by atoms with Gasteiger partial charge >= 0.3 is 0 Å². The summed E-state index contributed by atoms with van der Waals surface area (Å²) < 4.78 is 26.2. The van der Waals surface area contributed by atoms with E-state index in [-0.39, 0.29) is 13.0 Å². The number of likely N-dealkylation sites (N-methyl/N-ethyl adjacent to an activating group) is 2. The quantitative estimate of drug-likeness (QED) is 0.639. The van der Waals surface area contributed by atoms with E-state index in [1.807, 2.05) is 0 Å². The predicted octanol–water partition coefficient (Wildman–Crippen LogP) is 2.69. The number of hydrogen-bond donors (Lipinski definition) is 0. The van der Waals surface area contributed by atoms with Crippen molar-refractivity contribution in [2.45, 2.75) is 46.1 Å². The van der Waals surface area contributed by atoms with Gasteiger partial charge in [0.15, 0.2) is 0 Å². The molecule has 0 aromatic rings. The van der Waals surface area contributed by atoms with Crippen LogP contribution in [0.1, 0.15) is 34.1 Å². The minimum Gasteiger partial charge on any atom is -0.300 e. The van der Waals surface area contributed by atoms with Gasteiger partial charge in [-0.1, -0.05) is 13.8 Å². The first kappa shape index (κ1) is 15.8. The molecule has 0 aliphatic carbocycles. The van der Waals surface area contributed by atoms with Crippen LogP contribution in [-0.2, 0) is 0 Å². The maximum Gasteiger partial charge on any atom is 0.260 e. The second-order valence-corrected chi connectivity index (χ2v) is 4.67. The van der Waals surface area contributed by atoms with Crippen molar-refractivity contribution in [2.75, 3.05) is 33.2 Å². The molecule has 0 rings (SSSR count). The van der Waals surface area contributed by atoms with E-state index < -0.39 is 5.92 Å². The van der Waals surface area contributed by atoms with E-state index in [0.717, 1.165) is 13.1 Å². The van der Waals surface area contributed by atoms with Gasteiger partial charge in [-0.25, -0.2) is 8.78 Å². The number of alkyl halides is 2. The van der Waals surface area contributed by atoms with Gasteiger partial charge in [0, 0.05) is 25.6 Å². The number of hydrogen-bond acceptors (Lipinski definition) is 2. The fourth-order valence-corrected chi connectivity index (χ4v) is 1.67. The van der Waals surface area contributed by atoms with Crippen molar-refractivity contribution in [2.24, 2.45) is 0 Å². The lowest BCUT2D eigenvalue weighted by Gasteiger charge is -2.29. The Labute approximate surface area is 98.6 Å². The molecule has 2 nitrogen and oxygen atoms in total. The van der Waals surface area contributed by atoms with E-state index in [9.17, 15) is 8.78 Å². The summed E-state index contributed by atoms with van der Waals surface area (Å²) in [7, 11) is 1.76. The monoisotopic (exact) mass is 236 g/mol. The van der Waals surface area contributed by atoms with Crippen LogP contribution in [0.2, 0.25) is 0 Å². The molecule has 0 amide bonds. The van der Waals surface area contributed by atoms with Crippen LogP contribution in [0.4, 0.5) is 8.78 Å². The van der Waals surface area contributed by atoms with E-state index in [1.165, 1.54) is 6.92 Å². The molecule has 0 aliphatic heterocycles. The molecule has 0 heterocycles. The summed E-state index contributed by atoms with van der Waals surface area (Å²) in [5, 5.41) is 0. The van der Waals surface area contributed by atoms with Gasteiger partial charge in [-0.3, -0.25) is 9.80 Å².